The number of hydrogen-bond acceptors (Lipinski definition) is 4. The van der Waals surface area contributed by atoms with Gasteiger partial charge in [0.25, 0.3) is 0 Å². The standard InChI is InChI=1S/C20H23N3O4/c24-17(5-8-20(10-7-19(26)27)9-6-18(25)23-20)22-13-14-3-4-16-15(12-14)2-1-11-21-16/h1-4,11-12H,5-10,13H2,(H,22,24)(H,23,25)(H,26,27)/t20-/m0/s1. The molecule has 0 radical (unpaired) electrons. The number of hydrogen-bond donors (Lipinski definition) is 3. The van der Waals surface area contributed by atoms with E-state index in [1.54, 1.807) is 6.20 Å². The van der Waals surface area contributed by atoms with Crippen LogP contribution in [0.1, 0.15) is 44.1 Å². The van der Waals surface area contributed by atoms with Crippen LogP contribution in [0.2, 0.25) is 0 Å². The fourth-order valence-corrected chi connectivity index (χ4v) is 3.50. The second kappa shape index (κ2) is 8.16. The lowest BCUT2D eigenvalue weighted by Gasteiger charge is -2.28. The maximum absolute atomic E-state index is 12.2. The van der Waals surface area contributed by atoms with Crippen LogP contribution in [0.25, 0.3) is 10.9 Å². The van der Waals surface area contributed by atoms with E-state index in [1.165, 1.54) is 0 Å². The van der Waals surface area contributed by atoms with E-state index in [-0.39, 0.29) is 24.7 Å². The number of amides is 2. The molecule has 1 aromatic carbocycles. The van der Waals surface area contributed by atoms with E-state index in [2.05, 4.69) is 15.6 Å². The van der Waals surface area contributed by atoms with Crippen molar-refractivity contribution in [2.24, 2.45) is 0 Å². The predicted octanol–water partition coefficient (Wildman–Crippen LogP) is 2.14. The number of aliphatic carboxylic acids is 1. The SMILES string of the molecule is O=C(O)CC[C@]1(CCC(=O)NCc2ccc3ncccc3c2)CCC(=O)N1. The van der Waals surface area contributed by atoms with Crippen molar-refractivity contribution in [3.8, 4) is 0 Å². The van der Waals surface area contributed by atoms with Crippen molar-refractivity contribution in [1.82, 2.24) is 15.6 Å². The molecular formula is C20H23N3O4. The van der Waals surface area contributed by atoms with Crippen LogP contribution in [0.3, 0.4) is 0 Å². The molecule has 3 rings (SSSR count). The number of nitrogens with zero attached hydrogens (tertiary/aromatic N) is 1. The fourth-order valence-electron chi connectivity index (χ4n) is 3.50. The molecule has 7 nitrogen and oxygen atoms in total. The van der Waals surface area contributed by atoms with Crippen LogP contribution >= 0.6 is 0 Å². The van der Waals surface area contributed by atoms with Gasteiger partial charge in [0.15, 0.2) is 0 Å². The Kier molecular flexibility index (Phi) is 5.69. The zero-order chi connectivity index (χ0) is 19.3. The van der Waals surface area contributed by atoms with E-state index in [4.69, 9.17) is 5.11 Å². The van der Waals surface area contributed by atoms with Gasteiger partial charge >= 0.3 is 5.97 Å². The van der Waals surface area contributed by atoms with Gasteiger partial charge in [-0.3, -0.25) is 19.4 Å². The Morgan fingerprint density at radius 1 is 1.22 bits per heavy atom. The summed E-state index contributed by atoms with van der Waals surface area (Å²) in [5, 5.41) is 15.7. The van der Waals surface area contributed by atoms with E-state index in [0.29, 0.717) is 32.2 Å². The number of nitrogens with one attached hydrogen (secondary N) is 2. The Hall–Kier alpha value is -2.96. The van der Waals surface area contributed by atoms with Gasteiger partial charge < -0.3 is 15.7 Å². The molecule has 1 aromatic heterocycles. The van der Waals surface area contributed by atoms with E-state index in [1.807, 2.05) is 30.3 Å². The van der Waals surface area contributed by atoms with Crippen molar-refractivity contribution in [3.63, 3.8) is 0 Å². The molecule has 2 amide bonds. The predicted molar refractivity (Wildman–Crippen MR) is 99.8 cm³/mol. The molecule has 1 aliphatic heterocycles. The van der Waals surface area contributed by atoms with Crippen molar-refractivity contribution in [2.45, 2.75) is 50.6 Å². The highest BCUT2D eigenvalue weighted by molar-refractivity contribution is 5.81. The molecule has 142 valence electrons. The van der Waals surface area contributed by atoms with E-state index in [0.717, 1.165) is 16.5 Å². The van der Waals surface area contributed by atoms with Gasteiger partial charge in [-0.15, -0.1) is 0 Å². The first-order chi connectivity index (χ1) is 13.0. The summed E-state index contributed by atoms with van der Waals surface area (Å²) < 4.78 is 0. The minimum Gasteiger partial charge on any atom is -0.481 e. The summed E-state index contributed by atoms with van der Waals surface area (Å²) in [6.45, 7) is 0.415. The molecule has 3 N–H and O–H groups in total. The van der Waals surface area contributed by atoms with Crippen LogP contribution in [0.4, 0.5) is 0 Å². The Balaban J connectivity index is 1.53. The lowest BCUT2D eigenvalue weighted by molar-refractivity contribution is -0.137. The van der Waals surface area contributed by atoms with E-state index >= 15 is 0 Å². The number of pyridine rings is 1. The van der Waals surface area contributed by atoms with E-state index in [9.17, 15) is 14.4 Å². The second-order valence-electron chi connectivity index (χ2n) is 7.03. The number of carboxylic acids is 1. The van der Waals surface area contributed by atoms with Crippen LogP contribution in [0.5, 0.6) is 0 Å². The van der Waals surface area contributed by atoms with Crippen molar-refractivity contribution in [1.29, 1.82) is 0 Å². The molecule has 0 unspecified atom stereocenters. The summed E-state index contributed by atoms with van der Waals surface area (Å²) in [5.74, 6) is -1.09. The first-order valence-electron chi connectivity index (χ1n) is 9.09. The quantitative estimate of drug-likeness (QED) is 0.661. The molecular weight excluding hydrogens is 346 g/mol. The zero-order valence-electron chi connectivity index (χ0n) is 15.0. The first kappa shape index (κ1) is 18.8. The molecule has 1 aliphatic rings. The van der Waals surface area contributed by atoms with Gasteiger partial charge in [0.05, 0.1) is 5.52 Å². The first-order valence-corrected chi connectivity index (χ1v) is 9.09. The Labute approximate surface area is 157 Å². The van der Waals surface area contributed by atoms with Gasteiger partial charge in [-0.1, -0.05) is 12.1 Å². The average molecular weight is 369 g/mol. The maximum Gasteiger partial charge on any atom is 0.303 e. The Morgan fingerprint density at radius 3 is 2.78 bits per heavy atom. The highest BCUT2D eigenvalue weighted by Gasteiger charge is 2.37. The number of rotatable bonds is 8. The van der Waals surface area contributed by atoms with Gasteiger partial charge in [-0.05, 0) is 43.0 Å². The van der Waals surface area contributed by atoms with Crippen molar-refractivity contribution in [3.05, 3.63) is 42.1 Å². The Bertz CT molecular complexity index is 867. The van der Waals surface area contributed by atoms with Crippen molar-refractivity contribution in [2.75, 3.05) is 0 Å². The summed E-state index contributed by atoms with van der Waals surface area (Å²) in [5.41, 5.74) is 1.31. The zero-order valence-corrected chi connectivity index (χ0v) is 15.0. The lowest BCUT2D eigenvalue weighted by Crippen LogP contribution is -2.43. The molecule has 2 heterocycles. The molecule has 0 aliphatic carbocycles. The molecule has 0 bridgehead atoms. The van der Waals surface area contributed by atoms with Crippen LogP contribution in [-0.2, 0) is 20.9 Å². The molecule has 1 fully saturated rings. The third-order valence-corrected chi connectivity index (χ3v) is 5.04. The van der Waals surface area contributed by atoms with Crippen molar-refractivity contribution >= 4 is 28.7 Å². The molecule has 7 heteroatoms. The number of fused-ring (bicyclic) bond motifs is 1. The number of carbonyl (C=O) groups is 3. The molecule has 0 spiro atoms. The number of carboxylic acid groups (broad SMARTS) is 1. The van der Waals surface area contributed by atoms with Gasteiger partial charge in [-0.25, -0.2) is 0 Å². The minimum absolute atomic E-state index is 0.0208. The summed E-state index contributed by atoms with van der Waals surface area (Å²) in [7, 11) is 0. The molecule has 0 saturated carbocycles. The Morgan fingerprint density at radius 2 is 2.04 bits per heavy atom. The molecule has 1 saturated heterocycles. The molecule has 2 aromatic rings. The number of aromatic nitrogens is 1. The topological polar surface area (TPSA) is 108 Å². The normalized spacial score (nSPS) is 19.0. The third-order valence-electron chi connectivity index (χ3n) is 5.04. The fraction of sp³-hybridized carbons (Fsp3) is 0.400. The average Bonchev–Trinajstić information content (AvgIpc) is 3.04. The monoisotopic (exact) mass is 369 g/mol. The van der Waals surface area contributed by atoms with Crippen LogP contribution in [0.15, 0.2) is 36.5 Å². The number of carbonyl (C=O) groups excluding carboxylic acids is 2. The lowest BCUT2D eigenvalue weighted by atomic mass is 9.86. The summed E-state index contributed by atoms with van der Waals surface area (Å²) in [6, 6.07) is 9.70. The number of benzene rings is 1. The molecule has 27 heavy (non-hydrogen) atoms. The largest absolute Gasteiger partial charge is 0.481 e. The highest BCUT2D eigenvalue weighted by atomic mass is 16.4. The van der Waals surface area contributed by atoms with Gasteiger partial charge in [0, 0.05) is 42.9 Å². The van der Waals surface area contributed by atoms with Gasteiger partial charge in [0.1, 0.15) is 0 Å². The summed E-state index contributed by atoms with van der Waals surface area (Å²) in [4.78, 5) is 39.0. The van der Waals surface area contributed by atoms with E-state index < -0.39 is 11.5 Å². The van der Waals surface area contributed by atoms with Gasteiger partial charge in [0.2, 0.25) is 11.8 Å². The van der Waals surface area contributed by atoms with Crippen LogP contribution in [0, 0.1) is 0 Å². The van der Waals surface area contributed by atoms with Crippen molar-refractivity contribution < 1.29 is 19.5 Å². The molecule has 1 atom stereocenters. The van der Waals surface area contributed by atoms with Gasteiger partial charge in [-0.2, -0.15) is 0 Å². The minimum atomic E-state index is -0.897. The summed E-state index contributed by atoms with van der Waals surface area (Å²) in [6.07, 6.45) is 3.71. The van der Waals surface area contributed by atoms with Crippen LogP contribution in [-0.4, -0.2) is 33.4 Å². The highest BCUT2D eigenvalue weighted by Crippen LogP contribution is 2.30. The maximum atomic E-state index is 12.2. The van der Waals surface area contributed by atoms with Crippen LogP contribution < -0.4 is 10.6 Å². The second-order valence-corrected chi connectivity index (χ2v) is 7.03. The third kappa shape index (κ3) is 5.03. The summed E-state index contributed by atoms with van der Waals surface area (Å²) >= 11 is 0. The smallest absolute Gasteiger partial charge is 0.303 e.